The molecule has 0 bridgehead atoms. The number of hydrogen-bond acceptors (Lipinski definition) is 3. The fourth-order valence-electron chi connectivity index (χ4n) is 1.45. The predicted molar refractivity (Wildman–Crippen MR) is 74.9 cm³/mol. The Morgan fingerprint density at radius 2 is 2.22 bits per heavy atom. The lowest BCUT2D eigenvalue weighted by molar-refractivity contribution is 0.606. The van der Waals surface area contributed by atoms with Gasteiger partial charge in [-0.2, -0.15) is 0 Å². The van der Waals surface area contributed by atoms with Crippen molar-refractivity contribution in [1.82, 2.24) is 9.55 Å². The molecule has 0 atom stereocenters. The highest BCUT2D eigenvalue weighted by Crippen LogP contribution is 2.29. The Morgan fingerprint density at radius 1 is 1.44 bits per heavy atom. The number of para-hydroxylation sites is 1. The summed E-state index contributed by atoms with van der Waals surface area (Å²) in [5.41, 5.74) is 0.946. The van der Waals surface area contributed by atoms with Gasteiger partial charge in [-0.05, 0) is 12.1 Å². The number of aromatic nitrogens is 2. The first-order valence-electron chi connectivity index (χ1n) is 4.87. The molecule has 0 saturated carbocycles. The molecule has 1 N–H and O–H groups in total. The number of sulfonamides is 1. The third kappa shape index (κ3) is 2.85. The van der Waals surface area contributed by atoms with Gasteiger partial charge in [-0.3, -0.25) is 4.72 Å². The molecule has 0 unspecified atom stereocenters. The zero-order valence-corrected chi connectivity index (χ0v) is 12.2. The number of alkyl halides is 1. The number of benzene rings is 1. The highest BCUT2D eigenvalue weighted by atomic mass is 79.9. The second kappa shape index (κ2) is 5.29. The molecular weight excluding hydrogens is 342 g/mol. The maximum atomic E-state index is 11.6. The molecule has 8 heteroatoms. The molecule has 0 amide bonds. The van der Waals surface area contributed by atoms with E-state index in [0.29, 0.717) is 16.4 Å². The number of hydrogen-bond donors (Lipinski definition) is 1. The minimum Gasteiger partial charge on any atom is -0.303 e. The van der Waals surface area contributed by atoms with E-state index in [2.05, 4.69) is 25.6 Å². The van der Waals surface area contributed by atoms with E-state index in [-0.39, 0.29) is 4.66 Å². The van der Waals surface area contributed by atoms with Gasteiger partial charge < -0.3 is 4.57 Å². The Labute approximate surface area is 118 Å². The number of anilines is 1. The lowest BCUT2D eigenvalue weighted by Crippen LogP contribution is -2.15. The van der Waals surface area contributed by atoms with Gasteiger partial charge in [0, 0.05) is 12.4 Å². The topological polar surface area (TPSA) is 64.0 Å². The van der Waals surface area contributed by atoms with Crippen molar-refractivity contribution in [3.63, 3.8) is 0 Å². The number of nitrogens with zero attached hydrogens (tertiary/aromatic N) is 2. The lowest BCUT2D eigenvalue weighted by Gasteiger charge is -2.13. The normalized spacial score (nSPS) is 11.4. The first-order valence-corrected chi connectivity index (χ1v) is 8.02. The molecular formula is C10H9BrClN3O2S. The molecule has 2 rings (SSSR count). The first kappa shape index (κ1) is 13.4. The van der Waals surface area contributed by atoms with Gasteiger partial charge in [0.15, 0.2) is 0 Å². The Balaban J connectivity index is 2.52. The molecule has 5 nitrogen and oxygen atoms in total. The second-order valence-electron chi connectivity index (χ2n) is 3.43. The van der Waals surface area contributed by atoms with Crippen molar-refractivity contribution < 1.29 is 8.42 Å². The van der Waals surface area contributed by atoms with Crippen LogP contribution in [0, 0.1) is 0 Å². The van der Waals surface area contributed by atoms with Gasteiger partial charge in [0.25, 0.3) is 0 Å². The summed E-state index contributed by atoms with van der Waals surface area (Å²) >= 11 is 9.02. The quantitative estimate of drug-likeness (QED) is 0.862. The monoisotopic (exact) mass is 349 g/mol. The Kier molecular flexibility index (Phi) is 3.94. The van der Waals surface area contributed by atoms with E-state index in [9.17, 15) is 8.42 Å². The van der Waals surface area contributed by atoms with Crippen LogP contribution in [0.4, 0.5) is 5.69 Å². The SMILES string of the molecule is O=S(=O)(CBr)Nc1cccc(Cl)c1-n1ccnc1. The smallest absolute Gasteiger partial charge is 0.242 e. The minimum absolute atomic E-state index is 0.185. The largest absolute Gasteiger partial charge is 0.303 e. The summed E-state index contributed by atoms with van der Waals surface area (Å²) in [6.45, 7) is 0. The molecule has 96 valence electrons. The third-order valence-electron chi connectivity index (χ3n) is 2.16. The summed E-state index contributed by atoms with van der Waals surface area (Å²) in [5.74, 6) is 0. The van der Waals surface area contributed by atoms with E-state index in [4.69, 9.17) is 11.6 Å². The third-order valence-corrected chi connectivity index (χ3v) is 5.09. The number of halogens is 2. The molecule has 0 fully saturated rings. The Morgan fingerprint density at radius 3 is 2.83 bits per heavy atom. The van der Waals surface area contributed by atoms with Gasteiger partial charge in [0.05, 0.1) is 22.7 Å². The fourth-order valence-corrected chi connectivity index (χ4v) is 2.62. The summed E-state index contributed by atoms with van der Waals surface area (Å²) in [5, 5.41) is 0.433. The summed E-state index contributed by atoms with van der Waals surface area (Å²) in [6, 6.07) is 5.00. The van der Waals surface area contributed by atoms with Crippen LogP contribution in [0.15, 0.2) is 36.9 Å². The van der Waals surface area contributed by atoms with Gasteiger partial charge in [0.1, 0.15) is 4.66 Å². The maximum Gasteiger partial charge on any atom is 0.242 e. The lowest BCUT2D eigenvalue weighted by atomic mass is 10.2. The van der Waals surface area contributed by atoms with Crippen molar-refractivity contribution in [1.29, 1.82) is 0 Å². The standard InChI is InChI=1S/C10H9BrClN3O2S/c11-6-18(16,17)14-9-3-1-2-8(12)10(9)15-5-4-13-7-15/h1-5,7,14H,6H2. The van der Waals surface area contributed by atoms with Gasteiger partial charge in [0.2, 0.25) is 10.0 Å². The van der Waals surface area contributed by atoms with Gasteiger partial charge in [-0.1, -0.05) is 33.6 Å². The van der Waals surface area contributed by atoms with E-state index in [1.54, 1.807) is 41.5 Å². The molecule has 0 spiro atoms. The zero-order valence-electron chi connectivity index (χ0n) is 9.05. The number of imidazole rings is 1. The average molecular weight is 351 g/mol. The van der Waals surface area contributed by atoms with Crippen LogP contribution in [0.5, 0.6) is 0 Å². The van der Waals surface area contributed by atoms with E-state index in [1.165, 1.54) is 0 Å². The summed E-state index contributed by atoms with van der Waals surface area (Å²) in [7, 11) is -3.43. The van der Waals surface area contributed by atoms with Crippen molar-refractivity contribution in [2.45, 2.75) is 0 Å². The molecule has 0 saturated heterocycles. The van der Waals surface area contributed by atoms with Gasteiger partial charge in [-0.15, -0.1) is 0 Å². The van der Waals surface area contributed by atoms with Crippen LogP contribution >= 0.6 is 27.5 Å². The fraction of sp³-hybridized carbons (Fsp3) is 0.100. The van der Waals surface area contributed by atoms with E-state index < -0.39 is 10.0 Å². The molecule has 1 heterocycles. The van der Waals surface area contributed by atoms with Crippen molar-refractivity contribution in [2.24, 2.45) is 0 Å². The van der Waals surface area contributed by atoms with Crippen LogP contribution in [0.2, 0.25) is 5.02 Å². The average Bonchev–Trinajstić information content (AvgIpc) is 2.82. The molecule has 18 heavy (non-hydrogen) atoms. The zero-order chi connectivity index (χ0) is 13.2. The maximum absolute atomic E-state index is 11.6. The highest BCUT2D eigenvalue weighted by molar-refractivity contribution is 9.10. The van der Waals surface area contributed by atoms with Gasteiger partial charge in [-0.25, -0.2) is 13.4 Å². The van der Waals surface area contributed by atoms with Crippen molar-refractivity contribution in [3.8, 4) is 5.69 Å². The molecule has 0 aliphatic carbocycles. The van der Waals surface area contributed by atoms with Gasteiger partial charge >= 0.3 is 0 Å². The highest BCUT2D eigenvalue weighted by Gasteiger charge is 2.14. The predicted octanol–water partition coefficient (Wildman–Crippen LogP) is 2.62. The number of rotatable bonds is 4. The minimum atomic E-state index is -3.43. The van der Waals surface area contributed by atoms with Crippen LogP contribution < -0.4 is 4.72 Å². The van der Waals surface area contributed by atoms with Crippen LogP contribution in [0.3, 0.4) is 0 Å². The van der Waals surface area contributed by atoms with Crippen molar-refractivity contribution in [3.05, 3.63) is 41.9 Å². The van der Waals surface area contributed by atoms with Crippen LogP contribution in [0.1, 0.15) is 0 Å². The van der Waals surface area contributed by atoms with Crippen molar-refractivity contribution >= 4 is 43.2 Å². The number of nitrogens with one attached hydrogen (secondary N) is 1. The molecule has 2 aromatic rings. The molecule has 0 radical (unpaired) electrons. The molecule has 1 aromatic carbocycles. The molecule has 0 aliphatic heterocycles. The summed E-state index contributed by atoms with van der Waals surface area (Å²) < 4.78 is 27.1. The summed E-state index contributed by atoms with van der Waals surface area (Å²) in [4.78, 5) is 3.92. The van der Waals surface area contributed by atoms with Crippen LogP contribution in [-0.4, -0.2) is 22.6 Å². The molecule has 0 aliphatic rings. The van der Waals surface area contributed by atoms with E-state index in [1.807, 2.05) is 0 Å². The Bertz CT molecular complexity index is 643. The van der Waals surface area contributed by atoms with E-state index >= 15 is 0 Å². The van der Waals surface area contributed by atoms with E-state index in [0.717, 1.165) is 0 Å². The summed E-state index contributed by atoms with van der Waals surface area (Å²) in [6.07, 6.45) is 4.83. The van der Waals surface area contributed by atoms with Crippen LogP contribution in [0.25, 0.3) is 5.69 Å². The van der Waals surface area contributed by atoms with Crippen molar-refractivity contribution in [2.75, 3.05) is 9.38 Å². The van der Waals surface area contributed by atoms with Crippen LogP contribution in [-0.2, 0) is 10.0 Å². The second-order valence-corrected chi connectivity index (χ2v) is 6.86. The first-order chi connectivity index (χ1) is 8.53. The molecule has 1 aromatic heterocycles. The Hall–Kier alpha value is -1.05.